The molecule has 7 heteroatoms. The molecular formula is C25H32N2O5. The van der Waals surface area contributed by atoms with Crippen molar-refractivity contribution in [3.63, 3.8) is 0 Å². The van der Waals surface area contributed by atoms with Crippen LogP contribution in [0.25, 0.3) is 0 Å². The highest BCUT2D eigenvalue weighted by molar-refractivity contribution is 5.69. The average molecular weight is 441 g/mol. The zero-order chi connectivity index (χ0) is 23.0. The molecule has 2 atom stereocenters. The van der Waals surface area contributed by atoms with Crippen LogP contribution in [0.5, 0.6) is 5.75 Å². The van der Waals surface area contributed by atoms with Crippen LogP contribution in [0.2, 0.25) is 0 Å². The molecule has 1 fully saturated rings. The van der Waals surface area contributed by atoms with Gasteiger partial charge in [0.1, 0.15) is 24.1 Å². The van der Waals surface area contributed by atoms with E-state index in [4.69, 9.17) is 14.2 Å². The highest BCUT2D eigenvalue weighted by Crippen LogP contribution is 2.25. The first-order chi connectivity index (χ1) is 15.3. The van der Waals surface area contributed by atoms with E-state index in [1.165, 1.54) is 0 Å². The number of benzene rings is 2. The van der Waals surface area contributed by atoms with Crippen LogP contribution >= 0.6 is 0 Å². The van der Waals surface area contributed by atoms with Crippen LogP contribution < -0.4 is 10.1 Å². The Balaban J connectivity index is 1.67. The molecule has 1 heterocycles. The third kappa shape index (κ3) is 7.18. The number of nitrogens with one attached hydrogen (secondary N) is 1. The summed E-state index contributed by atoms with van der Waals surface area (Å²) in [6, 6.07) is 18.7. The van der Waals surface area contributed by atoms with Crippen molar-refractivity contribution in [2.24, 2.45) is 0 Å². The molecule has 1 saturated heterocycles. The van der Waals surface area contributed by atoms with Gasteiger partial charge in [0.2, 0.25) is 0 Å². The van der Waals surface area contributed by atoms with Crippen molar-refractivity contribution in [1.29, 1.82) is 0 Å². The molecule has 3 rings (SSSR count). The lowest BCUT2D eigenvalue weighted by molar-refractivity contribution is 0.0419. The smallest absolute Gasteiger partial charge is 0.410 e. The van der Waals surface area contributed by atoms with E-state index in [2.05, 4.69) is 5.32 Å². The molecular weight excluding hydrogens is 408 g/mol. The Morgan fingerprint density at radius 3 is 2.38 bits per heavy atom. The second-order valence-electron chi connectivity index (χ2n) is 8.80. The van der Waals surface area contributed by atoms with Gasteiger partial charge in [0, 0.05) is 6.54 Å². The Morgan fingerprint density at radius 2 is 1.72 bits per heavy atom. The third-order valence-electron chi connectivity index (χ3n) is 5.05. The molecule has 0 aromatic heterocycles. The molecule has 7 nitrogen and oxygen atoms in total. The van der Waals surface area contributed by atoms with Crippen molar-refractivity contribution >= 4 is 12.2 Å². The van der Waals surface area contributed by atoms with Crippen molar-refractivity contribution in [2.45, 2.75) is 58.0 Å². The number of amides is 2. The Labute approximate surface area is 189 Å². The van der Waals surface area contributed by atoms with E-state index in [0.717, 1.165) is 18.4 Å². The predicted octanol–water partition coefficient (Wildman–Crippen LogP) is 4.76. The van der Waals surface area contributed by atoms with Crippen LogP contribution in [0.3, 0.4) is 0 Å². The minimum absolute atomic E-state index is 0.205. The average Bonchev–Trinajstić information content (AvgIpc) is 3.25. The lowest BCUT2D eigenvalue weighted by Crippen LogP contribution is -2.50. The monoisotopic (exact) mass is 440 g/mol. The lowest BCUT2D eigenvalue weighted by atomic mass is 10.1. The van der Waals surface area contributed by atoms with E-state index in [9.17, 15) is 9.59 Å². The molecule has 172 valence electrons. The van der Waals surface area contributed by atoms with Crippen LogP contribution in [0.1, 0.15) is 39.2 Å². The molecule has 32 heavy (non-hydrogen) atoms. The van der Waals surface area contributed by atoms with Gasteiger partial charge in [-0.1, -0.05) is 48.5 Å². The molecule has 2 aromatic rings. The molecule has 0 radical (unpaired) electrons. The number of para-hydroxylation sites is 1. The van der Waals surface area contributed by atoms with Gasteiger partial charge in [0.05, 0.1) is 12.6 Å². The van der Waals surface area contributed by atoms with E-state index >= 15 is 0 Å². The minimum atomic E-state index is -0.597. The fraction of sp³-hybridized carbons (Fsp3) is 0.440. The Bertz CT molecular complexity index is 867. The van der Waals surface area contributed by atoms with Crippen molar-refractivity contribution in [3.8, 4) is 5.75 Å². The summed E-state index contributed by atoms with van der Waals surface area (Å²) in [7, 11) is 0. The highest BCUT2D eigenvalue weighted by Gasteiger charge is 2.37. The maximum Gasteiger partial charge on any atom is 0.410 e. The second-order valence-corrected chi connectivity index (χ2v) is 8.80. The maximum atomic E-state index is 12.8. The highest BCUT2D eigenvalue weighted by atomic mass is 16.6. The van der Waals surface area contributed by atoms with E-state index < -0.39 is 17.8 Å². The standard InChI is InChI=1S/C25H32N2O5/c1-25(2,3)32-23(28)26-17-22(31-20-13-8-5-9-14-20)21-15-10-16-27(21)24(29)30-18-19-11-6-4-7-12-19/h4-9,11-14,21-22H,10,15-18H2,1-3H3,(H,26,28). The number of hydrogen-bond acceptors (Lipinski definition) is 5. The number of ether oxygens (including phenoxy) is 3. The summed E-state index contributed by atoms with van der Waals surface area (Å²) in [5, 5.41) is 2.79. The number of hydrogen-bond donors (Lipinski definition) is 1. The van der Waals surface area contributed by atoms with Crippen LogP contribution in [0, 0.1) is 0 Å². The van der Waals surface area contributed by atoms with Gasteiger partial charge in [-0.05, 0) is 51.3 Å². The fourth-order valence-electron chi connectivity index (χ4n) is 3.64. The summed E-state index contributed by atoms with van der Waals surface area (Å²) in [5.74, 6) is 0.674. The summed E-state index contributed by atoms with van der Waals surface area (Å²) >= 11 is 0. The molecule has 2 unspecified atom stereocenters. The molecule has 1 N–H and O–H groups in total. The first-order valence-corrected chi connectivity index (χ1v) is 11.0. The second kappa shape index (κ2) is 10.9. The number of carbonyl (C=O) groups excluding carboxylic acids is 2. The van der Waals surface area contributed by atoms with Crippen molar-refractivity contribution < 1.29 is 23.8 Å². The summed E-state index contributed by atoms with van der Waals surface area (Å²) in [6.45, 7) is 6.43. The molecule has 0 saturated carbocycles. The van der Waals surface area contributed by atoms with E-state index in [-0.39, 0.29) is 25.3 Å². The molecule has 1 aliphatic heterocycles. The molecule has 1 aliphatic rings. The van der Waals surface area contributed by atoms with Crippen molar-refractivity contribution in [1.82, 2.24) is 10.2 Å². The predicted molar refractivity (Wildman–Crippen MR) is 121 cm³/mol. The topological polar surface area (TPSA) is 77.1 Å². The van der Waals surface area contributed by atoms with Crippen LogP contribution in [-0.4, -0.2) is 47.9 Å². The summed E-state index contributed by atoms with van der Waals surface area (Å²) in [6.07, 6.45) is 0.252. The Morgan fingerprint density at radius 1 is 1.06 bits per heavy atom. The fourth-order valence-corrected chi connectivity index (χ4v) is 3.64. The number of alkyl carbamates (subject to hydrolysis) is 1. The number of likely N-dealkylation sites (tertiary alicyclic amines) is 1. The number of rotatable bonds is 7. The van der Waals surface area contributed by atoms with Gasteiger partial charge < -0.3 is 24.4 Å². The minimum Gasteiger partial charge on any atom is -0.486 e. The van der Waals surface area contributed by atoms with Crippen LogP contribution in [0.4, 0.5) is 9.59 Å². The molecule has 0 aliphatic carbocycles. The summed E-state index contributed by atoms with van der Waals surface area (Å²) < 4.78 is 17.1. The zero-order valence-corrected chi connectivity index (χ0v) is 19.0. The van der Waals surface area contributed by atoms with E-state index in [1.54, 1.807) is 4.90 Å². The van der Waals surface area contributed by atoms with Gasteiger partial charge in [-0.15, -0.1) is 0 Å². The van der Waals surface area contributed by atoms with Crippen LogP contribution in [0.15, 0.2) is 60.7 Å². The number of carbonyl (C=O) groups is 2. The normalized spacial score (nSPS) is 16.8. The molecule has 2 aromatic carbocycles. The van der Waals surface area contributed by atoms with Gasteiger partial charge in [-0.2, -0.15) is 0 Å². The van der Waals surface area contributed by atoms with E-state index in [0.29, 0.717) is 12.3 Å². The first-order valence-electron chi connectivity index (χ1n) is 11.0. The first kappa shape index (κ1) is 23.4. The number of nitrogens with zero attached hydrogens (tertiary/aromatic N) is 1. The quantitative estimate of drug-likeness (QED) is 0.672. The summed E-state index contributed by atoms with van der Waals surface area (Å²) in [4.78, 5) is 26.8. The zero-order valence-electron chi connectivity index (χ0n) is 19.0. The van der Waals surface area contributed by atoms with Gasteiger partial charge in [-0.25, -0.2) is 9.59 Å². The maximum absolute atomic E-state index is 12.8. The Kier molecular flexibility index (Phi) is 7.98. The van der Waals surface area contributed by atoms with Gasteiger partial charge >= 0.3 is 12.2 Å². The third-order valence-corrected chi connectivity index (χ3v) is 5.05. The van der Waals surface area contributed by atoms with Crippen LogP contribution in [-0.2, 0) is 16.1 Å². The van der Waals surface area contributed by atoms with Gasteiger partial charge in [-0.3, -0.25) is 0 Å². The van der Waals surface area contributed by atoms with Gasteiger partial charge in [0.25, 0.3) is 0 Å². The van der Waals surface area contributed by atoms with Crippen molar-refractivity contribution in [3.05, 3.63) is 66.2 Å². The Hall–Kier alpha value is -3.22. The lowest BCUT2D eigenvalue weighted by Gasteiger charge is -2.32. The largest absolute Gasteiger partial charge is 0.486 e. The van der Waals surface area contributed by atoms with Crippen molar-refractivity contribution in [2.75, 3.05) is 13.1 Å². The molecule has 0 spiro atoms. The SMILES string of the molecule is CC(C)(C)OC(=O)NCC(Oc1ccccc1)C1CCCN1C(=O)OCc1ccccc1. The van der Waals surface area contributed by atoms with Gasteiger partial charge in [0.15, 0.2) is 0 Å². The van der Waals surface area contributed by atoms with E-state index in [1.807, 2.05) is 81.4 Å². The molecule has 2 amide bonds. The summed E-state index contributed by atoms with van der Waals surface area (Å²) in [5.41, 5.74) is 0.334. The molecule has 0 bridgehead atoms.